The summed E-state index contributed by atoms with van der Waals surface area (Å²) in [6, 6.07) is 5.18. The van der Waals surface area contributed by atoms with Gasteiger partial charge in [-0.25, -0.2) is 0 Å². The molecule has 0 saturated carbocycles. The topological polar surface area (TPSA) is 33.4 Å². The standard InChI is InChI=1S/C13H14Cl2O2/c1-13(2,3)12(16)10-5-7-4-8(14)6-9(15)11(7)17-10/h4-6,12,16H,1-3H3. The Hall–Kier alpha value is -0.700. The van der Waals surface area contributed by atoms with Crippen molar-refractivity contribution in [3.8, 4) is 0 Å². The summed E-state index contributed by atoms with van der Waals surface area (Å²) in [5.74, 6) is 0.511. The molecule has 0 amide bonds. The van der Waals surface area contributed by atoms with E-state index in [1.54, 1.807) is 18.2 Å². The van der Waals surface area contributed by atoms with Crippen LogP contribution in [0.3, 0.4) is 0 Å². The number of benzene rings is 1. The van der Waals surface area contributed by atoms with Crippen molar-refractivity contribution in [1.29, 1.82) is 0 Å². The van der Waals surface area contributed by atoms with E-state index in [9.17, 15) is 5.11 Å². The number of aliphatic hydroxyl groups is 1. The van der Waals surface area contributed by atoms with E-state index in [0.717, 1.165) is 5.39 Å². The van der Waals surface area contributed by atoms with Gasteiger partial charge in [-0.1, -0.05) is 44.0 Å². The van der Waals surface area contributed by atoms with Gasteiger partial charge < -0.3 is 9.52 Å². The Balaban J connectivity index is 2.56. The van der Waals surface area contributed by atoms with Crippen LogP contribution in [0.1, 0.15) is 32.6 Å². The van der Waals surface area contributed by atoms with Gasteiger partial charge in [0.2, 0.25) is 0 Å². The summed E-state index contributed by atoms with van der Waals surface area (Å²) in [7, 11) is 0. The lowest BCUT2D eigenvalue weighted by Crippen LogP contribution is -2.16. The monoisotopic (exact) mass is 272 g/mol. The summed E-state index contributed by atoms with van der Waals surface area (Å²) in [5, 5.41) is 12.0. The molecule has 1 aromatic carbocycles. The van der Waals surface area contributed by atoms with Crippen LogP contribution >= 0.6 is 23.2 Å². The molecule has 0 aliphatic rings. The van der Waals surface area contributed by atoms with Gasteiger partial charge in [0.1, 0.15) is 11.9 Å². The third-order valence-electron chi connectivity index (χ3n) is 2.64. The zero-order valence-electron chi connectivity index (χ0n) is 9.92. The van der Waals surface area contributed by atoms with E-state index in [0.29, 0.717) is 21.4 Å². The average Bonchev–Trinajstić information content (AvgIpc) is 2.58. The Bertz CT molecular complexity index is 552. The number of halogens is 2. The minimum Gasteiger partial charge on any atom is -0.457 e. The van der Waals surface area contributed by atoms with Crippen LogP contribution in [0.5, 0.6) is 0 Å². The number of furan rings is 1. The molecule has 1 N–H and O–H groups in total. The maximum Gasteiger partial charge on any atom is 0.153 e. The lowest BCUT2D eigenvalue weighted by molar-refractivity contribution is 0.0448. The zero-order chi connectivity index (χ0) is 12.8. The van der Waals surface area contributed by atoms with Gasteiger partial charge in [-0.05, 0) is 23.6 Å². The minimum absolute atomic E-state index is 0.288. The molecule has 0 bridgehead atoms. The van der Waals surface area contributed by atoms with E-state index < -0.39 is 6.10 Å². The second-order valence-electron chi connectivity index (χ2n) is 5.22. The molecule has 92 valence electrons. The first-order valence-electron chi connectivity index (χ1n) is 5.35. The Morgan fingerprint density at radius 3 is 2.41 bits per heavy atom. The Morgan fingerprint density at radius 1 is 1.18 bits per heavy atom. The van der Waals surface area contributed by atoms with Crippen LogP contribution in [0, 0.1) is 5.41 Å². The lowest BCUT2D eigenvalue weighted by atomic mass is 9.88. The van der Waals surface area contributed by atoms with E-state index in [2.05, 4.69) is 0 Å². The van der Waals surface area contributed by atoms with Gasteiger partial charge >= 0.3 is 0 Å². The number of hydrogen-bond acceptors (Lipinski definition) is 2. The molecule has 1 heterocycles. The van der Waals surface area contributed by atoms with Gasteiger partial charge in [0.25, 0.3) is 0 Å². The fraction of sp³-hybridized carbons (Fsp3) is 0.385. The average molecular weight is 273 g/mol. The highest BCUT2D eigenvalue weighted by molar-refractivity contribution is 6.38. The van der Waals surface area contributed by atoms with Crippen LogP contribution in [0.15, 0.2) is 22.6 Å². The van der Waals surface area contributed by atoms with E-state index in [1.165, 1.54) is 0 Å². The Morgan fingerprint density at radius 2 is 1.82 bits per heavy atom. The highest BCUT2D eigenvalue weighted by atomic mass is 35.5. The second-order valence-corrected chi connectivity index (χ2v) is 6.07. The fourth-order valence-corrected chi connectivity index (χ4v) is 2.20. The summed E-state index contributed by atoms with van der Waals surface area (Å²) in [6.07, 6.45) is -0.676. The molecule has 1 atom stereocenters. The molecule has 1 unspecified atom stereocenters. The van der Waals surface area contributed by atoms with Crippen LogP contribution in [-0.2, 0) is 0 Å². The van der Waals surface area contributed by atoms with Gasteiger partial charge in [0.15, 0.2) is 5.58 Å². The van der Waals surface area contributed by atoms with Gasteiger partial charge in [-0.2, -0.15) is 0 Å². The zero-order valence-corrected chi connectivity index (χ0v) is 11.4. The molecule has 2 rings (SSSR count). The van der Waals surface area contributed by atoms with Gasteiger partial charge in [0.05, 0.1) is 5.02 Å². The van der Waals surface area contributed by atoms with Gasteiger partial charge in [-0.3, -0.25) is 0 Å². The van der Waals surface area contributed by atoms with Crippen molar-refractivity contribution < 1.29 is 9.52 Å². The molecule has 2 aromatic rings. The predicted molar refractivity (Wildman–Crippen MR) is 70.6 cm³/mol. The van der Waals surface area contributed by atoms with Crippen LogP contribution in [0.4, 0.5) is 0 Å². The van der Waals surface area contributed by atoms with Crippen molar-refractivity contribution in [1.82, 2.24) is 0 Å². The van der Waals surface area contributed by atoms with Crippen LogP contribution < -0.4 is 0 Å². The maximum absolute atomic E-state index is 10.1. The normalized spacial score (nSPS) is 14.2. The highest BCUT2D eigenvalue weighted by Gasteiger charge is 2.27. The van der Waals surface area contributed by atoms with Crippen LogP contribution in [0.25, 0.3) is 11.0 Å². The van der Waals surface area contributed by atoms with Gasteiger partial charge in [0, 0.05) is 10.4 Å². The van der Waals surface area contributed by atoms with Gasteiger partial charge in [-0.15, -0.1) is 0 Å². The van der Waals surface area contributed by atoms with E-state index in [-0.39, 0.29) is 5.41 Å². The van der Waals surface area contributed by atoms with Crippen molar-refractivity contribution in [3.05, 3.63) is 34.0 Å². The first kappa shape index (κ1) is 12.7. The van der Waals surface area contributed by atoms with E-state index in [4.69, 9.17) is 27.6 Å². The maximum atomic E-state index is 10.1. The quantitative estimate of drug-likeness (QED) is 0.808. The first-order valence-corrected chi connectivity index (χ1v) is 6.11. The summed E-state index contributed by atoms with van der Waals surface area (Å²) < 4.78 is 5.60. The molecular weight excluding hydrogens is 259 g/mol. The largest absolute Gasteiger partial charge is 0.457 e. The minimum atomic E-state index is -0.676. The number of fused-ring (bicyclic) bond motifs is 1. The molecule has 0 saturated heterocycles. The molecular formula is C13H14Cl2O2. The number of hydrogen-bond donors (Lipinski definition) is 1. The van der Waals surface area contributed by atoms with Crippen molar-refractivity contribution in [2.45, 2.75) is 26.9 Å². The summed E-state index contributed by atoms with van der Waals surface area (Å²) in [5.41, 5.74) is 0.277. The van der Waals surface area contributed by atoms with E-state index in [1.807, 2.05) is 20.8 Å². The first-order chi connectivity index (χ1) is 7.79. The van der Waals surface area contributed by atoms with Crippen molar-refractivity contribution in [2.75, 3.05) is 0 Å². The van der Waals surface area contributed by atoms with Crippen molar-refractivity contribution in [3.63, 3.8) is 0 Å². The summed E-state index contributed by atoms with van der Waals surface area (Å²) >= 11 is 11.9. The molecule has 4 heteroatoms. The Kier molecular flexibility index (Phi) is 3.15. The summed E-state index contributed by atoms with van der Waals surface area (Å²) in [4.78, 5) is 0. The fourth-order valence-electron chi connectivity index (χ4n) is 1.66. The molecule has 0 radical (unpaired) electrons. The molecule has 0 aliphatic carbocycles. The predicted octanol–water partition coefficient (Wildman–Crippen LogP) is 4.82. The lowest BCUT2D eigenvalue weighted by Gasteiger charge is -2.23. The third kappa shape index (κ3) is 2.44. The number of rotatable bonds is 1. The van der Waals surface area contributed by atoms with Crippen molar-refractivity contribution in [2.24, 2.45) is 5.41 Å². The third-order valence-corrected chi connectivity index (χ3v) is 3.14. The molecule has 0 fully saturated rings. The van der Waals surface area contributed by atoms with E-state index >= 15 is 0 Å². The molecule has 2 nitrogen and oxygen atoms in total. The molecule has 0 spiro atoms. The SMILES string of the molecule is CC(C)(C)C(O)c1cc2cc(Cl)cc(Cl)c2o1. The Labute approximate surface area is 110 Å². The van der Waals surface area contributed by atoms with Crippen molar-refractivity contribution >= 4 is 34.2 Å². The summed E-state index contributed by atoms with van der Waals surface area (Å²) in [6.45, 7) is 5.83. The number of aliphatic hydroxyl groups excluding tert-OH is 1. The van der Waals surface area contributed by atoms with Crippen LogP contribution in [0.2, 0.25) is 10.0 Å². The highest BCUT2D eigenvalue weighted by Crippen LogP contribution is 2.38. The molecule has 0 aliphatic heterocycles. The second kappa shape index (κ2) is 4.20. The molecule has 17 heavy (non-hydrogen) atoms. The van der Waals surface area contributed by atoms with Crippen LogP contribution in [-0.4, -0.2) is 5.11 Å². The molecule has 1 aromatic heterocycles. The smallest absolute Gasteiger partial charge is 0.153 e.